The highest BCUT2D eigenvalue weighted by Crippen LogP contribution is 2.47. The van der Waals surface area contributed by atoms with E-state index in [1.165, 1.54) is 13.0 Å². The largest absolute Gasteiger partial charge is 0.508 e. The predicted molar refractivity (Wildman–Crippen MR) is 365 cm³/mol. The Morgan fingerprint density at radius 1 is 0.556 bits per heavy atom. The smallest absolute Gasteiger partial charge is 0.481 e. The molecule has 0 aromatic heterocycles. The van der Waals surface area contributed by atoms with E-state index in [0.717, 1.165) is 44.5 Å². The number of hydrogen-bond donors (Lipinski definition) is 11. The predicted octanol–water partition coefficient (Wildman–Crippen LogP) is 8.27. The molecule has 22 nitrogen and oxygen atoms in total. The lowest BCUT2D eigenvalue weighted by atomic mass is 9.82. The van der Waals surface area contributed by atoms with Crippen LogP contribution in [-0.2, 0) is 42.7 Å². The highest BCUT2D eigenvalue weighted by Gasteiger charge is 2.54. The third-order valence-corrected chi connectivity index (χ3v) is 19.2. The summed E-state index contributed by atoms with van der Waals surface area (Å²) in [6.07, 6.45) is -2.04. The molecule has 2 bridgehead atoms. The van der Waals surface area contributed by atoms with E-state index in [9.17, 15) is 70.2 Å². The van der Waals surface area contributed by atoms with E-state index in [0.29, 0.717) is 0 Å². The SMILES string of the molecule is C[C@@H]1[C@H](O)[C@@H](C)\C=C/C=C\C=C/C=C\C=C/C=C\C=C/[C@H](O[C@@H]2O[C@H](C)[C@@H](O)[C@H](NC(=O)OCC3c4ccccc4-c4ccccc43)[C@@H]2O)C[C@@H]2O[C@](O)(C[C@@H](O)C[C@@H](O)[C@H](O)CC[C@@H](O)C[C@@H](O)CC(=O)O[C@H]1C)C[C@H](OC(=O)OCC1c3ccccc3-c3ccccc31)[C@H]2C(=O)O. The Labute approximate surface area is 576 Å². The van der Waals surface area contributed by atoms with Gasteiger partial charge in [0.15, 0.2) is 12.1 Å². The van der Waals surface area contributed by atoms with Gasteiger partial charge in [-0.15, -0.1) is 0 Å². The first-order valence-electron chi connectivity index (χ1n) is 33.9. The van der Waals surface area contributed by atoms with Crippen LogP contribution in [0.5, 0.6) is 0 Å². The minimum absolute atomic E-state index is 0.0838. The summed E-state index contributed by atoms with van der Waals surface area (Å²) in [6, 6.07) is 29.3. The van der Waals surface area contributed by atoms with Crippen LogP contribution in [-0.4, -0.2) is 186 Å². The molecule has 2 fully saturated rings. The Morgan fingerprint density at radius 3 is 1.60 bits per heavy atom. The number of aliphatic hydroxyl groups excluding tert-OH is 8. The van der Waals surface area contributed by atoms with Crippen molar-refractivity contribution in [3.8, 4) is 22.3 Å². The fourth-order valence-electron chi connectivity index (χ4n) is 13.7. The van der Waals surface area contributed by atoms with Crippen molar-refractivity contribution in [2.24, 2.45) is 17.8 Å². The molecule has 2 aliphatic carbocycles. The number of carboxylic acid groups (broad SMARTS) is 1. The van der Waals surface area contributed by atoms with E-state index in [1.807, 2.05) is 110 Å². The number of carbonyl (C=O) groups is 4. The van der Waals surface area contributed by atoms with Gasteiger partial charge in [0.05, 0.1) is 67.4 Å². The average molecular weight is 1370 g/mol. The maximum atomic E-state index is 14.1. The van der Waals surface area contributed by atoms with Crippen LogP contribution in [0.2, 0.25) is 0 Å². The summed E-state index contributed by atoms with van der Waals surface area (Å²) < 4.78 is 41.9. The van der Waals surface area contributed by atoms with Gasteiger partial charge in [-0.3, -0.25) is 9.59 Å². The van der Waals surface area contributed by atoms with Gasteiger partial charge >= 0.3 is 24.2 Å². The fourth-order valence-corrected chi connectivity index (χ4v) is 13.7. The number of carbonyl (C=O) groups excluding carboxylic acids is 3. The average Bonchev–Trinajstić information content (AvgIpc) is 1.71. The zero-order chi connectivity index (χ0) is 70.9. The number of aliphatic carboxylic acids is 1. The van der Waals surface area contributed by atoms with E-state index in [1.54, 1.807) is 86.8 Å². The number of ether oxygens (including phenoxy) is 7. The van der Waals surface area contributed by atoms with Gasteiger partial charge in [0.25, 0.3) is 0 Å². The molecule has 22 heteroatoms. The molecular weight excluding hydrogens is 1270 g/mol. The lowest BCUT2D eigenvalue weighted by Gasteiger charge is -2.46. The van der Waals surface area contributed by atoms with Gasteiger partial charge in [0.1, 0.15) is 43.5 Å². The van der Waals surface area contributed by atoms with Crippen LogP contribution in [0.15, 0.2) is 182 Å². The van der Waals surface area contributed by atoms with Crippen molar-refractivity contribution in [3.63, 3.8) is 0 Å². The number of cyclic esters (lactones) is 1. The number of allylic oxidation sites excluding steroid dienone is 12. The molecule has 0 saturated carbocycles. The number of carboxylic acids is 1. The molecule has 3 heterocycles. The zero-order valence-electron chi connectivity index (χ0n) is 55.9. The molecule has 532 valence electrons. The zero-order valence-corrected chi connectivity index (χ0v) is 55.9. The van der Waals surface area contributed by atoms with Crippen LogP contribution in [0, 0.1) is 17.8 Å². The third kappa shape index (κ3) is 20.0. The number of benzene rings is 4. The molecule has 19 atom stereocenters. The summed E-state index contributed by atoms with van der Waals surface area (Å²) in [7, 11) is 0. The molecule has 9 rings (SSSR count). The molecule has 5 aliphatic rings. The van der Waals surface area contributed by atoms with Gasteiger partial charge in [-0.1, -0.05) is 196 Å². The first-order chi connectivity index (χ1) is 47.5. The van der Waals surface area contributed by atoms with Crippen LogP contribution in [0.3, 0.4) is 0 Å². The number of amides is 1. The van der Waals surface area contributed by atoms with Crippen molar-refractivity contribution < 1.29 is 103 Å². The van der Waals surface area contributed by atoms with Crippen molar-refractivity contribution in [1.29, 1.82) is 0 Å². The molecule has 1 amide bonds. The van der Waals surface area contributed by atoms with Crippen molar-refractivity contribution in [3.05, 3.63) is 204 Å². The molecule has 0 radical (unpaired) electrons. The van der Waals surface area contributed by atoms with Gasteiger partial charge < -0.3 is 89.5 Å². The van der Waals surface area contributed by atoms with E-state index >= 15 is 0 Å². The lowest BCUT2D eigenvalue weighted by molar-refractivity contribution is -0.309. The van der Waals surface area contributed by atoms with Gasteiger partial charge in [0.2, 0.25) is 0 Å². The second-order valence-electron chi connectivity index (χ2n) is 26.4. The summed E-state index contributed by atoms with van der Waals surface area (Å²) >= 11 is 0. The summed E-state index contributed by atoms with van der Waals surface area (Å²) in [5, 5.41) is 117. The lowest BCUT2D eigenvalue weighted by Crippen LogP contribution is -2.64. The molecule has 0 unspecified atom stereocenters. The van der Waals surface area contributed by atoms with Crippen molar-refractivity contribution in [2.75, 3.05) is 13.2 Å². The van der Waals surface area contributed by atoms with Gasteiger partial charge in [-0.05, 0) is 77.6 Å². The molecule has 99 heavy (non-hydrogen) atoms. The first kappa shape index (κ1) is 75.3. The minimum atomic E-state index is -2.56. The third-order valence-electron chi connectivity index (χ3n) is 19.2. The van der Waals surface area contributed by atoms with E-state index in [4.69, 9.17) is 33.2 Å². The van der Waals surface area contributed by atoms with Crippen LogP contribution >= 0.6 is 0 Å². The summed E-state index contributed by atoms with van der Waals surface area (Å²) in [5.74, 6) is -8.22. The van der Waals surface area contributed by atoms with Crippen LogP contribution in [0.1, 0.15) is 113 Å². The van der Waals surface area contributed by atoms with Crippen LogP contribution in [0.4, 0.5) is 9.59 Å². The number of rotatable bonds is 9. The number of fused-ring (bicyclic) bond motifs is 8. The maximum Gasteiger partial charge on any atom is 0.508 e. The molecule has 2 saturated heterocycles. The molecule has 4 aromatic rings. The first-order valence-corrected chi connectivity index (χ1v) is 33.9. The summed E-state index contributed by atoms with van der Waals surface area (Å²) in [4.78, 5) is 54.4. The Morgan fingerprint density at radius 2 is 1.06 bits per heavy atom. The molecule has 0 spiro atoms. The van der Waals surface area contributed by atoms with Crippen molar-refractivity contribution in [2.45, 2.75) is 188 Å². The quantitative estimate of drug-likeness (QED) is 0.0554. The van der Waals surface area contributed by atoms with Crippen LogP contribution in [0.25, 0.3) is 22.3 Å². The minimum Gasteiger partial charge on any atom is -0.481 e. The second kappa shape index (κ2) is 35.4. The van der Waals surface area contributed by atoms with Crippen molar-refractivity contribution in [1.82, 2.24) is 5.32 Å². The number of alkyl carbamates (subject to hydrolysis) is 1. The monoisotopic (exact) mass is 1370 g/mol. The van der Waals surface area contributed by atoms with Gasteiger partial charge in [0, 0.05) is 49.4 Å². The molecule has 4 aromatic carbocycles. The number of aliphatic hydroxyl groups is 9. The van der Waals surface area contributed by atoms with E-state index in [-0.39, 0.29) is 44.3 Å². The molecule has 3 aliphatic heterocycles. The van der Waals surface area contributed by atoms with E-state index in [2.05, 4.69) is 5.32 Å². The molecular formula is C77H93NO21. The normalized spacial score (nSPS) is 34.6. The maximum absolute atomic E-state index is 14.1. The summed E-state index contributed by atoms with van der Waals surface area (Å²) in [6.45, 7) is 6.38. The van der Waals surface area contributed by atoms with E-state index < -0.39 is 172 Å². The van der Waals surface area contributed by atoms with Crippen molar-refractivity contribution >= 4 is 24.2 Å². The highest BCUT2D eigenvalue weighted by atomic mass is 16.7. The van der Waals surface area contributed by atoms with Gasteiger partial charge in [-0.2, -0.15) is 0 Å². The second-order valence-corrected chi connectivity index (χ2v) is 26.4. The standard InChI is InChI=1S/C77H93NO21/c1-45-25-15-13-11-9-7-5-6-8-10-12-14-16-26-52(97-74-72(87)69(71(86)48(4)96-74)78-75(90)93-43-61-57-31-21-17-27-53(57)54-28-18-22-32-58(54)61)40-65-68(73(88)89)66(98-76(91)94-44-62-59-33-23-19-29-55(59)56-30-20-24-34-60(56)62)42-77(92,99-65)41-51(81)38-64(83)63(82)36-35-49(79)37-50(80)39-67(84)95-47(3)46(2)70(45)85/h5-34,45-52,61-66,68-72,74,79-83,85-87,92H,35-44H2,1-4H3,(H,78,90)(H,88,89)/b6-5-,9-7-,10-8-,13-11-,14-12-,25-15-,26-16-/t45-,46-,47-,48+,49+,50+,51-,52-,63+,64+,65-,66-,68-,69-,70+,71+,72-,74-,77+/m0/s1. The summed E-state index contributed by atoms with van der Waals surface area (Å²) in [5.41, 5.74) is 7.57. The number of esters is 1. The number of nitrogens with one attached hydrogen (secondary N) is 1. The fraction of sp³-hybridized carbons (Fsp3) is 0.455. The Kier molecular flexibility index (Phi) is 26.9. The Bertz CT molecular complexity index is 3490. The Balaban J connectivity index is 0.974. The Hall–Kier alpha value is -7.94. The van der Waals surface area contributed by atoms with Gasteiger partial charge in [-0.25, -0.2) is 9.59 Å². The van der Waals surface area contributed by atoms with Crippen LogP contribution < -0.4 is 5.32 Å². The highest BCUT2D eigenvalue weighted by molar-refractivity contribution is 5.80. The molecule has 11 N–H and O–H groups in total. The number of hydrogen-bond acceptors (Lipinski definition) is 20. The topological polar surface area (TPSA) is 347 Å².